The Kier molecular flexibility index (Phi) is 9.87. The van der Waals surface area contributed by atoms with Crippen molar-refractivity contribution in [2.75, 3.05) is 19.8 Å². The molecule has 0 aliphatic heterocycles. The van der Waals surface area contributed by atoms with Crippen molar-refractivity contribution in [1.82, 2.24) is 10.6 Å². The van der Waals surface area contributed by atoms with Gasteiger partial charge in [0, 0.05) is 19.0 Å². The molecule has 19 heavy (non-hydrogen) atoms. The van der Waals surface area contributed by atoms with Gasteiger partial charge in [-0.05, 0) is 20.3 Å². The predicted octanol–water partition coefficient (Wildman–Crippen LogP) is 0.706. The number of urea groups is 1. The van der Waals surface area contributed by atoms with E-state index in [-0.39, 0.29) is 18.9 Å². The summed E-state index contributed by atoms with van der Waals surface area (Å²) < 4.78 is 9.53. The van der Waals surface area contributed by atoms with Crippen LogP contribution in [0.25, 0.3) is 0 Å². The largest absolute Gasteiger partial charge is 0.501 e. The smallest absolute Gasteiger partial charge is 0.321 e. The highest BCUT2D eigenvalue weighted by atomic mass is 16.5. The first-order chi connectivity index (χ1) is 9.10. The van der Waals surface area contributed by atoms with E-state index in [1.807, 2.05) is 0 Å². The third-order valence-corrected chi connectivity index (χ3v) is 1.87. The topological polar surface area (TPSA) is 93.7 Å². The zero-order valence-electron chi connectivity index (χ0n) is 11.2. The van der Waals surface area contributed by atoms with Gasteiger partial charge in [0.15, 0.2) is 0 Å². The lowest BCUT2D eigenvalue weighted by atomic mass is 10.3. The van der Waals surface area contributed by atoms with Crippen LogP contribution in [0.15, 0.2) is 12.3 Å². The molecule has 0 atom stereocenters. The van der Waals surface area contributed by atoms with Gasteiger partial charge in [0.25, 0.3) is 5.91 Å². The van der Waals surface area contributed by atoms with Gasteiger partial charge in [0.2, 0.25) is 0 Å². The molecule has 0 unspecified atom stereocenters. The maximum absolute atomic E-state index is 11.2. The fourth-order valence-corrected chi connectivity index (χ4v) is 1.07. The number of esters is 1. The van der Waals surface area contributed by atoms with E-state index in [0.717, 1.165) is 6.08 Å². The highest BCUT2D eigenvalue weighted by Crippen LogP contribution is 1.91. The van der Waals surface area contributed by atoms with Crippen LogP contribution in [0, 0.1) is 0 Å². The minimum absolute atomic E-state index is 0.228. The lowest BCUT2D eigenvalue weighted by Crippen LogP contribution is -2.39. The van der Waals surface area contributed by atoms with Crippen LogP contribution in [0.3, 0.4) is 0 Å². The molecule has 0 rings (SSSR count). The first kappa shape index (κ1) is 16.9. The molecule has 0 saturated heterocycles. The number of rotatable bonds is 8. The molecule has 0 aromatic carbocycles. The van der Waals surface area contributed by atoms with E-state index in [1.54, 1.807) is 13.8 Å². The summed E-state index contributed by atoms with van der Waals surface area (Å²) in [5.41, 5.74) is 0. The number of nitrogens with one attached hydrogen (secondary N) is 2. The summed E-state index contributed by atoms with van der Waals surface area (Å²) in [7, 11) is 0. The molecule has 0 heterocycles. The molecule has 0 radical (unpaired) electrons. The van der Waals surface area contributed by atoms with E-state index in [1.165, 1.54) is 6.26 Å². The Bertz CT molecular complexity index is 328. The van der Waals surface area contributed by atoms with E-state index in [2.05, 4.69) is 10.6 Å². The van der Waals surface area contributed by atoms with Crippen LogP contribution < -0.4 is 10.6 Å². The quantitative estimate of drug-likeness (QED) is 0.294. The van der Waals surface area contributed by atoms with Crippen molar-refractivity contribution in [3.05, 3.63) is 12.3 Å². The van der Waals surface area contributed by atoms with Gasteiger partial charge in [-0.1, -0.05) is 0 Å². The molecule has 2 N–H and O–H groups in total. The fourth-order valence-electron chi connectivity index (χ4n) is 1.07. The van der Waals surface area contributed by atoms with E-state index in [9.17, 15) is 14.4 Å². The Labute approximate surface area is 112 Å². The highest BCUT2D eigenvalue weighted by molar-refractivity contribution is 6.00. The Morgan fingerprint density at radius 3 is 2.53 bits per heavy atom. The van der Waals surface area contributed by atoms with Gasteiger partial charge >= 0.3 is 12.0 Å². The van der Waals surface area contributed by atoms with Gasteiger partial charge in [0.1, 0.15) is 0 Å². The SMILES string of the molecule is CCO/C=C\C(=O)NC(=O)NCCCC(=O)OCC. The summed E-state index contributed by atoms with van der Waals surface area (Å²) in [6.07, 6.45) is 3.01. The zero-order chi connectivity index (χ0) is 14.5. The Morgan fingerprint density at radius 1 is 1.16 bits per heavy atom. The molecule has 0 aliphatic rings. The van der Waals surface area contributed by atoms with Gasteiger partial charge < -0.3 is 14.8 Å². The molecule has 0 aromatic heterocycles. The summed E-state index contributed by atoms with van der Waals surface area (Å²) in [4.78, 5) is 33.3. The van der Waals surface area contributed by atoms with Crippen LogP contribution in [0.2, 0.25) is 0 Å². The first-order valence-electron chi connectivity index (χ1n) is 6.12. The molecule has 108 valence electrons. The van der Waals surface area contributed by atoms with Gasteiger partial charge in [-0.25, -0.2) is 4.79 Å². The summed E-state index contributed by atoms with van der Waals surface area (Å²) >= 11 is 0. The average molecular weight is 272 g/mol. The van der Waals surface area contributed by atoms with Gasteiger partial charge in [-0.15, -0.1) is 0 Å². The Morgan fingerprint density at radius 2 is 1.89 bits per heavy atom. The van der Waals surface area contributed by atoms with Crippen LogP contribution in [-0.4, -0.2) is 37.7 Å². The molecular formula is C12H20N2O5. The third kappa shape index (κ3) is 10.8. The van der Waals surface area contributed by atoms with Crippen LogP contribution in [-0.2, 0) is 19.1 Å². The number of carbonyl (C=O) groups is 3. The predicted molar refractivity (Wildman–Crippen MR) is 68.2 cm³/mol. The normalized spacial score (nSPS) is 10.0. The lowest BCUT2D eigenvalue weighted by molar-refractivity contribution is -0.143. The average Bonchev–Trinajstić information content (AvgIpc) is 2.35. The molecule has 3 amide bonds. The van der Waals surface area contributed by atoms with E-state index >= 15 is 0 Å². The number of amides is 3. The van der Waals surface area contributed by atoms with Crippen molar-refractivity contribution in [3.63, 3.8) is 0 Å². The number of imide groups is 1. The maximum atomic E-state index is 11.2. The monoisotopic (exact) mass is 272 g/mol. The molecule has 7 nitrogen and oxygen atoms in total. The zero-order valence-corrected chi connectivity index (χ0v) is 11.2. The van der Waals surface area contributed by atoms with Gasteiger partial charge in [0.05, 0.1) is 19.5 Å². The molecule has 0 bridgehead atoms. The molecule has 0 spiro atoms. The summed E-state index contributed by atoms with van der Waals surface area (Å²) in [6, 6.07) is -0.616. The van der Waals surface area contributed by atoms with Crippen molar-refractivity contribution in [2.45, 2.75) is 26.7 Å². The fraction of sp³-hybridized carbons (Fsp3) is 0.583. The highest BCUT2D eigenvalue weighted by Gasteiger charge is 2.05. The molecule has 7 heteroatoms. The lowest BCUT2D eigenvalue weighted by Gasteiger charge is -2.05. The molecule has 0 aliphatic carbocycles. The minimum Gasteiger partial charge on any atom is -0.501 e. The number of hydrogen-bond acceptors (Lipinski definition) is 5. The van der Waals surface area contributed by atoms with Crippen molar-refractivity contribution in [1.29, 1.82) is 0 Å². The van der Waals surface area contributed by atoms with Crippen LogP contribution in [0.5, 0.6) is 0 Å². The van der Waals surface area contributed by atoms with E-state index in [4.69, 9.17) is 9.47 Å². The summed E-state index contributed by atoms with van der Waals surface area (Å²) in [6.45, 7) is 4.58. The molecule has 0 fully saturated rings. The van der Waals surface area contributed by atoms with Crippen molar-refractivity contribution < 1.29 is 23.9 Å². The molecular weight excluding hydrogens is 252 g/mol. The second-order valence-electron chi connectivity index (χ2n) is 3.41. The number of ether oxygens (including phenoxy) is 2. The van der Waals surface area contributed by atoms with Crippen LogP contribution >= 0.6 is 0 Å². The Balaban J connectivity index is 3.64. The standard InChI is InChI=1S/C12H20N2O5/c1-3-18-9-7-10(15)14-12(17)13-8-5-6-11(16)19-4-2/h7,9H,3-6,8H2,1-2H3,(H2,13,14,15,17)/b9-7-. The maximum Gasteiger partial charge on any atom is 0.321 e. The van der Waals surface area contributed by atoms with Crippen LogP contribution in [0.1, 0.15) is 26.7 Å². The second kappa shape index (κ2) is 11.1. The molecule has 0 aromatic rings. The number of hydrogen-bond donors (Lipinski definition) is 2. The molecule has 0 saturated carbocycles. The van der Waals surface area contributed by atoms with Crippen molar-refractivity contribution in [3.8, 4) is 0 Å². The number of carbonyl (C=O) groups excluding carboxylic acids is 3. The summed E-state index contributed by atoms with van der Waals surface area (Å²) in [5, 5.41) is 4.53. The second-order valence-corrected chi connectivity index (χ2v) is 3.41. The first-order valence-corrected chi connectivity index (χ1v) is 6.12. The van der Waals surface area contributed by atoms with E-state index in [0.29, 0.717) is 19.6 Å². The summed E-state index contributed by atoms with van der Waals surface area (Å²) in [5.74, 6) is -0.878. The Hall–Kier alpha value is -2.05. The van der Waals surface area contributed by atoms with Crippen molar-refractivity contribution in [2.24, 2.45) is 0 Å². The third-order valence-electron chi connectivity index (χ3n) is 1.87. The van der Waals surface area contributed by atoms with Gasteiger partial charge in [-0.3, -0.25) is 14.9 Å². The van der Waals surface area contributed by atoms with Gasteiger partial charge in [-0.2, -0.15) is 0 Å². The van der Waals surface area contributed by atoms with Crippen molar-refractivity contribution >= 4 is 17.9 Å². The van der Waals surface area contributed by atoms with Crippen LogP contribution in [0.4, 0.5) is 4.79 Å². The minimum atomic E-state index is -0.616. The van der Waals surface area contributed by atoms with E-state index < -0.39 is 11.9 Å².